The highest BCUT2D eigenvalue weighted by Gasteiger charge is 2.66. The third-order valence-corrected chi connectivity index (χ3v) is 12.2. The number of phenols is 1. The number of rotatable bonds is 5. The van der Waals surface area contributed by atoms with E-state index in [2.05, 4.69) is 0 Å². The van der Waals surface area contributed by atoms with E-state index in [1.165, 1.54) is 17.9 Å². The van der Waals surface area contributed by atoms with Crippen molar-refractivity contribution in [2.45, 2.75) is 31.1 Å². The molecular formula is C46H35NO6. The Morgan fingerprint density at radius 2 is 1.40 bits per heavy atom. The van der Waals surface area contributed by atoms with Crippen molar-refractivity contribution in [1.82, 2.24) is 0 Å². The van der Waals surface area contributed by atoms with E-state index < -0.39 is 35.0 Å². The zero-order valence-corrected chi connectivity index (χ0v) is 28.9. The molecule has 7 nitrogen and oxygen atoms in total. The maximum absolute atomic E-state index is 15.3. The van der Waals surface area contributed by atoms with Crippen LogP contribution in [0.4, 0.5) is 5.69 Å². The zero-order chi connectivity index (χ0) is 36.6. The molecule has 5 aromatic carbocycles. The number of phenolic OH excluding ortho intramolecular Hbond substituents is 1. The maximum Gasteiger partial charge on any atom is 0.238 e. The molecule has 1 N–H and O–H groups in total. The number of hydrogen-bond donors (Lipinski definition) is 1. The number of carbonyl (C=O) groups excluding carboxylic acids is 5. The van der Waals surface area contributed by atoms with Gasteiger partial charge in [0, 0.05) is 28.4 Å². The molecule has 1 heterocycles. The number of fused-ring (bicyclic) bond motifs is 5. The Hall–Kier alpha value is -6.21. The lowest BCUT2D eigenvalue weighted by Crippen LogP contribution is -2.58. The van der Waals surface area contributed by atoms with Gasteiger partial charge in [0.2, 0.25) is 11.8 Å². The summed E-state index contributed by atoms with van der Waals surface area (Å²) in [6.45, 7) is 1.46. The van der Waals surface area contributed by atoms with Crippen molar-refractivity contribution in [1.29, 1.82) is 0 Å². The third kappa shape index (κ3) is 4.69. The summed E-state index contributed by atoms with van der Waals surface area (Å²) in [6.07, 6.45) is 4.04. The first-order valence-electron chi connectivity index (χ1n) is 18.0. The first kappa shape index (κ1) is 32.7. The van der Waals surface area contributed by atoms with Gasteiger partial charge in [0.15, 0.2) is 17.3 Å². The van der Waals surface area contributed by atoms with Gasteiger partial charge < -0.3 is 5.11 Å². The third-order valence-electron chi connectivity index (χ3n) is 12.2. The molecule has 0 radical (unpaired) electrons. The molecule has 0 aromatic heterocycles. The van der Waals surface area contributed by atoms with Crippen molar-refractivity contribution in [3.63, 3.8) is 0 Å². The van der Waals surface area contributed by atoms with Gasteiger partial charge in [-0.05, 0) is 84.2 Å². The number of Topliss-reactive ketones (excluding diaryl/α,β-unsaturated/α-hetero) is 2. The maximum atomic E-state index is 15.3. The highest BCUT2D eigenvalue weighted by Crippen LogP contribution is 2.64. The van der Waals surface area contributed by atoms with Crippen LogP contribution in [0.5, 0.6) is 5.75 Å². The molecule has 53 heavy (non-hydrogen) atoms. The van der Waals surface area contributed by atoms with Crippen LogP contribution in [-0.2, 0) is 24.6 Å². The fourth-order valence-corrected chi connectivity index (χ4v) is 9.88. The Balaban J connectivity index is 1.28. The average molecular weight is 698 g/mol. The van der Waals surface area contributed by atoms with E-state index in [0.717, 1.165) is 16.5 Å². The van der Waals surface area contributed by atoms with Crippen LogP contribution in [0, 0.1) is 23.7 Å². The molecule has 7 heteroatoms. The van der Waals surface area contributed by atoms with Crippen molar-refractivity contribution >= 4 is 51.2 Å². The molecule has 6 unspecified atom stereocenters. The summed E-state index contributed by atoms with van der Waals surface area (Å²) in [5.41, 5.74) is 2.81. The Morgan fingerprint density at radius 3 is 2.09 bits per heavy atom. The average Bonchev–Trinajstić information content (AvgIpc) is 3.45. The number of aromatic hydroxyl groups is 1. The van der Waals surface area contributed by atoms with Crippen LogP contribution < -0.4 is 4.90 Å². The molecule has 1 saturated carbocycles. The molecule has 1 saturated heterocycles. The van der Waals surface area contributed by atoms with Crippen LogP contribution in [-0.4, -0.2) is 34.3 Å². The number of amides is 2. The highest BCUT2D eigenvalue weighted by molar-refractivity contribution is 6.32. The molecule has 6 atom stereocenters. The zero-order valence-electron chi connectivity index (χ0n) is 28.9. The number of allylic oxidation sites excluding steroid dienone is 4. The molecular weight excluding hydrogens is 663 g/mol. The predicted octanol–water partition coefficient (Wildman–Crippen LogP) is 7.78. The van der Waals surface area contributed by atoms with Gasteiger partial charge in [-0.15, -0.1) is 0 Å². The van der Waals surface area contributed by atoms with E-state index >= 15 is 9.59 Å². The van der Waals surface area contributed by atoms with Gasteiger partial charge in [-0.1, -0.05) is 103 Å². The van der Waals surface area contributed by atoms with Crippen LogP contribution in [0.15, 0.2) is 139 Å². The van der Waals surface area contributed by atoms with E-state index in [1.54, 1.807) is 30.3 Å². The molecule has 4 aliphatic rings. The number of carbonyl (C=O) groups is 5. The van der Waals surface area contributed by atoms with Gasteiger partial charge in [-0.3, -0.25) is 28.9 Å². The molecule has 0 bridgehead atoms. The first-order chi connectivity index (χ1) is 25.7. The fraction of sp³-hybridized carbons (Fsp3) is 0.196. The first-order valence-corrected chi connectivity index (χ1v) is 18.0. The lowest BCUT2D eigenvalue weighted by molar-refractivity contribution is -0.134. The van der Waals surface area contributed by atoms with E-state index in [4.69, 9.17) is 0 Å². The van der Waals surface area contributed by atoms with Gasteiger partial charge in [0.05, 0.1) is 22.9 Å². The molecule has 260 valence electrons. The Bertz CT molecular complexity index is 2450. The molecule has 9 rings (SSSR count). The molecule has 2 amide bonds. The lowest BCUT2D eigenvalue weighted by atomic mass is 9.44. The smallest absolute Gasteiger partial charge is 0.238 e. The van der Waals surface area contributed by atoms with Crippen LogP contribution in [0.25, 0.3) is 16.3 Å². The second-order valence-electron chi connectivity index (χ2n) is 14.6. The van der Waals surface area contributed by atoms with E-state index in [1.807, 2.05) is 97.1 Å². The largest absolute Gasteiger partial charge is 0.507 e. The van der Waals surface area contributed by atoms with Gasteiger partial charge in [0.1, 0.15) is 5.75 Å². The minimum Gasteiger partial charge on any atom is -0.507 e. The second-order valence-corrected chi connectivity index (χ2v) is 14.6. The monoisotopic (exact) mass is 697 g/mol. The van der Waals surface area contributed by atoms with Gasteiger partial charge >= 0.3 is 0 Å². The van der Waals surface area contributed by atoms with Gasteiger partial charge in [-0.2, -0.15) is 0 Å². The number of benzene rings is 5. The molecule has 2 fully saturated rings. The predicted molar refractivity (Wildman–Crippen MR) is 201 cm³/mol. The van der Waals surface area contributed by atoms with Crippen LogP contribution in [0.2, 0.25) is 0 Å². The van der Waals surface area contributed by atoms with Crippen molar-refractivity contribution in [3.05, 3.63) is 161 Å². The summed E-state index contributed by atoms with van der Waals surface area (Å²) in [7, 11) is 0. The summed E-state index contributed by atoms with van der Waals surface area (Å²) in [4.78, 5) is 72.6. The number of ketones is 3. The van der Waals surface area contributed by atoms with Crippen LogP contribution >= 0.6 is 0 Å². The minimum atomic E-state index is -1.38. The fourth-order valence-electron chi connectivity index (χ4n) is 9.88. The summed E-state index contributed by atoms with van der Waals surface area (Å²) >= 11 is 0. The van der Waals surface area contributed by atoms with E-state index in [9.17, 15) is 19.5 Å². The number of imide groups is 1. The van der Waals surface area contributed by atoms with Crippen LogP contribution in [0.3, 0.4) is 0 Å². The van der Waals surface area contributed by atoms with Crippen molar-refractivity contribution in [2.24, 2.45) is 23.7 Å². The molecule has 0 spiro atoms. The number of nitrogens with zero attached hydrogens (tertiary/aromatic N) is 1. The SMILES string of the molecule is CC(=O)c1ccc(N2C(=O)C3CC=C4C(CC5C(=O)C(c6ccccc6)=CC(=O)C5(c5ccccc5)C4c4ccc(O)c5ccccc45)C3C2=O)cc1. The van der Waals surface area contributed by atoms with Crippen molar-refractivity contribution in [2.75, 3.05) is 4.90 Å². The summed E-state index contributed by atoms with van der Waals surface area (Å²) < 4.78 is 0. The lowest BCUT2D eigenvalue weighted by Gasteiger charge is -2.55. The summed E-state index contributed by atoms with van der Waals surface area (Å²) in [5, 5.41) is 12.4. The van der Waals surface area contributed by atoms with Crippen molar-refractivity contribution < 1.29 is 29.1 Å². The quantitative estimate of drug-likeness (QED) is 0.114. The molecule has 5 aromatic rings. The topological polar surface area (TPSA) is 109 Å². The summed E-state index contributed by atoms with van der Waals surface area (Å²) in [6, 6.07) is 36.2. The van der Waals surface area contributed by atoms with Gasteiger partial charge in [-0.25, -0.2) is 0 Å². The van der Waals surface area contributed by atoms with E-state index in [-0.39, 0.29) is 41.3 Å². The minimum absolute atomic E-state index is 0.0972. The van der Waals surface area contributed by atoms with E-state index in [0.29, 0.717) is 39.8 Å². The second kappa shape index (κ2) is 12.2. The normalized spacial score (nSPS) is 26.4. The number of hydrogen-bond acceptors (Lipinski definition) is 6. The Labute approximate surface area is 306 Å². The molecule has 3 aliphatic carbocycles. The highest BCUT2D eigenvalue weighted by atomic mass is 16.3. The van der Waals surface area contributed by atoms with Gasteiger partial charge in [0.25, 0.3) is 0 Å². The van der Waals surface area contributed by atoms with Crippen LogP contribution in [0.1, 0.15) is 52.7 Å². The Kier molecular flexibility index (Phi) is 7.52. The standard InChI is InChI=1S/C46H35NO6/c1-26(48)27-16-18-30(19-17-27)47-44(52)35-21-20-34-37(41(35)45(47)53)24-38-43(51)36(28-10-4-2-5-11-28)25-40(50)46(38,29-12-6-3-7-13-29)42(34)33-22-23-39(49)32-15-9-8-14-31(32)33/h2-20,22-23,25,35,37-38,41-42,49H,21,24H2,1H3. The molecule has 1 aliphatic heterocycles. The number of anilines is 1. The summed E-state index contributed by atoms with van der Waals surface area (Å²) in [5.74, 6) is -4.57. The Morgan fingerprint density at radius 1 is 0.736 bits per heavy atom. The van der Waals surface area contributed by atoms with Crippen molar-refractivity contribution in [3.8, 4) is 5.75 Å².